The summed E-state index contributed by atoms with van der Waals surface area (Å²) in [6, 6.07) is -0.279. The first-order chi connectivity index (χ1) is 11.7. The van der Waals surface area contributed by atoms with Crippen molar-refractivity contribution in [3.05, 3.63) is 0 Å². The van der Waals surface area contributed by atoms with Gasteiger partial charge in [0.15, 0.2) is 0 Å². The summed E-state index contributed by atoms with van der Waals surface area (Å²) < 4.78 is 25.1. The summed E-state index contributed by atoms with van der Waals surface area (Å²) in [4.78, 5) is 27.6. The third-order valence-electron chi connectivity index (χ3n) is 4.93. The molecule has 2 fully saturated rings. The molecule has 0 radical (unpaired) electrons. The second-order valence-electron chi connectivity index (χ2n) is 6.98. The van der Waals surface area contributed by atoms with Crippen molar-refractivity contribution in [1.82, 2.24) is 19.4 Å². The molecule has 0 saturated carbocycles. The maximum atomic E-state index is 12.4. The molecule has 2 aliphatic rings. The summed E-state index contributed by atoms with van der Waals surface area (Å²) in [6.07, 6.45) is 4.02. The highest BCUT2D eigenvalue weighted by Crippen LogP contribution is 2.19. The largest absolute Gasteiger partial charge is 0.341 e. The first-order valence-electron chi connectivity index (χ1n) is 9.02. The quantitative estimate of drug-likeness (QED) is 0.731. The van der Waals surface area contributed by atoms with E-state index in [1.807, 2.05) is 13.8 Å². The maximum absolute atomic E-state index is 12.4. The number of amides is 3. The van der Waals surface area contributed by atoms with Crippen LogP contribution < -0.4 is 5.32 Å². The van der Waals surface area contributed by atoms with Crippen LogP contribution in [0.1, 0.15) is 39.5 Å². The molecule has 8 nitrogen and oxygen atoms in total. The Hall–Kier alpha value is -1.35. The molecule has 144 valence electrons. The molecule has 25 heavy (non-hydrogen) atoms. The fourth-order valence-corrected chi connectivity index (χ4v) is 4.92. The van der Waals surface area contributed by atoms with Crippen molar-refractivity contribution < 1.29 is 18.0 Å². The Labute approximate surface area is 150 Å². The van der Waals surface area contributed by atoms with Gasteiger partial charge in [0.05, 0.1) is 6.26 Å². The van der Waals surface area contributed by atoms with E-state index in [-0.39, 0.29) is 24.0 Å². The van der Waals surface area contributed by atoms with Crippen LogP contribution in [0, 0.1) is 0 Å². The number of hydrogen-bond donors (Lipinski definition) is 1. The summed E-state index contributed by atoms with van der Waals surface area (Å²) in [7, 11) is -3.21. The van der Waals surface area contributed by atoms with Crippen molar-refractivity contribution in [2.24, 2.45) is 0 Å². The van der Waals surface area contributed by atoms with E-state index in [2.05, 4.69) is 5.32 Å². The Morgan fingerprint density at radius 2 is 1.96 bits per heavy atom. The number of urea groups is 1. The van der Waals surface area contributed by atoms with Crippen LogP contribution >= 0.6 is 0 Å². The van der Waals surface area contributed by atoms with E-state index in [1.165, 1.54) is 10.6 Å². The van der Waals surface area contributed by atoms with Crippen LogP contribution in [-0.2, 0) is 14.8 Å². The Balaban J connectivity index is 1.79. The molecule has 9 heteroatoms. The molecule has 0 aromatic carbocycles. The first-order valence-corrected chi connectivity index (χ1v) is 10.9. The molecule has 2 aliphatic heterocycles. The third-order valence-corrected chi connectivity index (χ3v) is 6.34. The monoisotopic (exact) mass is 374 g/mol. The minimum absolute atomic E-state index is 0.0382. The predicted molar refractivity (Wildman–Crippen MR) is 95.6 cm³/mol. The molecule has 0 aromatic heterocycles. The number of likely N-dealkylation sites (tertiary alicyclic amines) is 2. The topological polar surface area (TPSA) is 90.0 Å². The fourth-order valence-electron chi connectivity index (χ4n) is 3.70. The summed E-state index contributed by atoms with van der Waals surface area (Å²) in [5.41, 5.74) is 0. The minimum atomic E-state index is -3.21. The van der Waals surface area contributed by atoms with Crippen molar-refractivity contribution in [3.63, 3.8) is 0 Å². The number of carbonyl (C=O) groups is 2. The highest BCUT2D eigenvalue weighted by atomic mass is 32.2. The fraction of sp³-hybridized carbons (Fsp3) is 0.875. The SMILES string of the molecule is CCN(C1CCN(C(=O)NC(C)CN2CCCC2=O)CC1)S(C)(=O)=O. The van der Waals surface area contributed by atoms with E-state index in [4.69, 9.17) is 0 Å². The van der Waals surface area contributed by atoms with E-state index in [0.29, 0.717) is 45.4 Å². The van der Waals surface area contributed by atoms with E-state index in [0.717, 1.165) is 13.0 Å². The molecule has 1 unspecified atom stereocenters. The van der Waals surface area contributed by atoms with Crippen LogP contribution in [-0.4, -0.2) is 85.5 Å². The van der Waals surface area contributed by atoms with Crippen molar-refractivity contribution >= 4 is 22.0 Å². The normalized spacial score (nSPS) is 21.0. The van der Waals surface area contributed by atoms with Gasteiger partial charge in [0.25, 0.3) is 0 Å². The molecular formula is C16H30N4O4S. The molecular weight excluding hydrogens is 344 g/mol. The number of sulfonamides is 1. The second kappa shape index (κ2) is 8.35. The predicted octanol–water partition coefficient (Wildman–Crippen LogP) is 0.453. The molecule has 0 aromatic rings. The van der Waals surface area contributed by atoms with Crippen molar-refractivity contribution in [2.45, 2.75) is 51.6 Å². The Kier molecular flexibility index (Phi) is 6.67. The van der Waals surface area contributed by atoms with Gasteiger partial charge in [0, 0.05) is 51.2 Å². The number of carbonyl (C=O) groups excluding carboxylic acids is 2. The number of hydrogen-bond acceptors (Lipinski definition) is 4. The van der Waals surface area contributed by atoms with Gasteiger partial charge in [-0.3, -0.25) is 4.79 Å². The summed E-state index contributed by atoms with van der Waals surface area (Å²) in [5, 5.41) is 2.95. The molecule has 0 bridgehead atoms. The molecule has 2 heterocycles. The number of nitrogens with one attached hydrogen (secondary N) is 1. The zero-order valence-corrected chi connectivity index (χ0v) is 16.2. The van der Waals surface area contributed by atoms with Gasteiger partial charge in [-0.1, -0.05) is 6.92 Å². The molecule has 3 amide bonds. The number of nitrogens with zero attached hydrogens (tertiary/aromatic N) is 3. The van der Waals surface area contributed by atoms with Crippen molar-refractivity contribution in [1.29, 1.82) is 0 Å². The van der Waals surface area contributed by atoms with Crippen molar-refractivity contribution in [3.8, 4) is 0 Å². The van der Waals surface area contributed by atoms with Crippen molar-refractivity contribution in [2.75, 3.05) is 39.0 Å². The Morgan fingerprint density at radius 1 is 1.32 bits per heavy atom. The van der Waals surface area contributed by atoms with E-state index in [1.54, 1.807) is 9.80 Å². The van der Waals surface area contributed by atoms with Crippen LogP contribution in [0.2, 0.25) is 0 Å². The van der Waals surface area contributed by atoms with Crippen LogP contribution in [0.25, 0.3) is 0 Å². The van der Waals surface area contributed by atoms with Gasteiger partial charge in [0.2, 0.25) is 15.9 Å². The molecule has 2 rings (SSSR count). The number of rotatable bonds is 6. The molecule has 2 saturated heterocycles. The Morgan fingerprint density at radius 3 is 2.44 bits per heavy atom. The van der Waals surface area contributed by atoms with Gasteiger partial charge < -0.3 is 15.1 Å². The van der Waals surface area contributed by atoms with Gasteiger partial charge >= 0.3 is 6.03 Å². The maximum Gasteiger partial charge on any atom is 0.317 e. The lowest BCUT2D eigenvalue weighted by Gasteiger charge is -2.37. The highest BCUT2D eigenvalue weighted by Gasteiger charge is 2.31. The van der Waals surface area contributed by atoms with Gasteiger partial charge in [-0.25, -0.2) is 13.2 Å². The van der Waals surface area contributed by atoms with Gasteiger partial charge in [-0.2, -0.15) is 4.31 Å². The van der Waals surface area contributed by atoms with Gasteiger partial charge in [0.1, 0.15) is 0 Å². The van der Waals surface area contributed by atoms with Gasteiger partial charge in [-0.15, -0.1) is 0 Å². The Bertz CT molecular complexity index is 587. The highest BCUT2D eigenvalue weighted by molar-refractivity contribution is 7.88. The minimum Gasteiger partial charge on any atom is -0.341 e. The standard InChI is InChI=1S/C16H30N4O4S/c1-4-20(25(3,23)24)14-7-10-18(11-8-14)16(22)17-13(2)12-19-9-5-6-15(19)21/h13-14H,4-12H2,1-3H3,(H,17,22). The van der Waals surface area contributed by atoms with E-state index >= 15 is 0 Å². The second-order valence-corrected chi connectivity index (χ2v) is 8.91. The smallest absolute Gasteiger partial charge is 0.317 e. The zero-order chi connectivity index (χ0) is 18.6. The number of piperidine rings is 1. The first kappa shape index (κ1) is 20.0. The summed E-state index contributed by atoms with van der Waals surface area (Å²) in [6.45, 7) is 6.58. The average Bonchev–Trinajstić information content (AvgIpc) is 2.92. The van der Waals surface area contributed by atoms with Crippen LogP contribution in [0.4, 0.5) is 4.79 Å². The molecule has 1 atom stereocenters. The third kappa shape index (κ3) is 5.31. The van der Waals surface area contributed by atoms with Crippen LogP contribution in [0.3, 0.4) is 0 Å². The molecule has 1 N–H and O–H groups in total. The average molecular weight is 375 g/mol. The molecule has 0 spiro atoms. The summed E-state index contributed by atoms with van der Waals surface area (Å²) >= 11 is 0. The lowest BCUT2D eigenvalue weighted by molar-refractivity contribution is -0.127. The van der Waals surface area contributed by atoms with Crippen LogP contribution in [0.15, 0.2) is 0 Å². The zero-order valence-electron chi connectivity index (χ0n) is 15.4. The van der Waals surface area contributed by atoms with Crippen LogP contribution in [0.5, 0.6) is 0 Å². The lowest BCUT2D eigenvalue weighted by atomic mass is 10.1. The molecule has 0 aliphatic carbocycles. The van der Waals surface area contributed by atoms with E-state index in [9.17, 15) is 18.0 Å². The van der Waals surface area contributed by atoms with Gasteiger partial charge in [-0.05, 0) is 26.2 Å². The summed E-state index contributed by atoms with van der Waals surface area (Å²) in [5.74, 6) is 0.155. The lowest BCUT2D eigenvalue weighted by Crippen LogP contribution is -2.53. The van der Waals surface area contributed by atoms with E-state index < -0.39 is 10.0 Å².